The van der Waals surface area contributed by atoms with E-state index in [1.54, 1.807) is 0 Å². The standard InChI is InChI=1S/C18H16N2/c19-18(17-8-4-5-13-20-17)16-11-9-15(10-12-16)14-6-2-1-3-7-14/h1-13,20H,19H2/b18-17-. The molecular formula is C18H16N2. The first kappa shape index (κ1) is 12.3. The normalized spacial score (nSPS) is 15.8. The van der Waals surface area contributed by atoms with Gasteiger partial charge in [0.15, 0.2) is 0 Å². The van der Waals surface area contributed by atoms with E-state index in [0.29, 0.717) is 0 Å². The maximum Gasteiger partial charge on any atom is 0.0626 e. The van der Waals surface area contributed by atoms with E-state index in [2.05, 4.69) is 41.7 Å². The Morgan fingerprint density at radius 2 is 1.50 bits per heavy atom. The van der Waals surface area contributed by atoms with Crippen LogP contribution in [-0.2, 0) is 0 Å². The van der Waals surface area contributed by atoms with Crippen molar-refractivity contribution in [2.75, 3.05) is 0 Å². The summed E-state index contributed by atoms with van der Waals surface area (Å²) in [5.74, 6) is 0. The van der Waals surface area contributed by atoms with Gasteiger partial charge in [-0.3, -0.25) is 0 Å². The number of nitrogens with two attached hydrogens (primary N) is 1. The van der Waals surface area contributed by atoms with Crippen LogP contribution in [0.3, 0.4) is 0 Å². The molecule has 0 unspecified atom stereocenters. The van der Waals surface area contributed by atoms with E-state index < -0.39 is 0 Å². The molecule has 0 saturated carbocycles. The lowest BCUT2D eigenvalue weighted by Crippen LogP contribution is -2.12. The molecule has 0 fully saturated rings. The van der Waals surface area contributed by atoms with Crippen LogP contribution < -0.4 is 11.1 Å². The number of hydrogen-bond acceptors (Lipinski definition) is 2. The second kappa shape index (κ2) is 5.49. The van der Waals surface area contributed by atoms with Crippen LogP contribution in [0, 0.1) is 0 Å². The van der Waals surface area contributed by atoms with E-state index in [1.165, 1.54) is 11.1 Å². The fraction of sp³-hybridized carbons (Fsp3) is 0. The summed E-state index contributed by atoms with van der Waals surface area (Å²) < 4.78 is 0. The fourth-order valence-corrected chi connectivity index (χ4v) is 2.19. The van der Waals surface area contributed by atoms with Crippen LogP contribution in [0.2, 0.25) is 0 Å². The van der Waals surface area contributed by atoms with Crippen molar-refractivity contribution in [2.24, 2.45) is 5.73 Å². The Morgan fingerprint density at radius 3 is 2.15 bits per heavy atom. The van der Waals surface area contributed by atoms with Gasteiger partial charge in [-0.15, -0.1) is 0 Å². The number of rotatable bonds is 2. The van der Waals surface area contributed by atoms with E-state index >= 15 is 0 Å². The molecule has 98 valence electrons. The Bertz CT molecular complexity index is 677. The monoisotopic (exact) mass is 260 g/mol. The molecule has 0 radical (unpaired) electrons. The average Bonchev–Trinajstić information content (AvgIpc) is 2.56. The zero-order chi connectivity index (χ0) is 13.8. The van der Waals surface area contributed by atoms with Crippen LogP contribution >= 0.6 is 0 Å². The lowest BCUT2D eigenvalue weighted by atomic mass is 10.0. The smallest absolute Gasteiger partial charge is 0.0626 e. The second-order valence-corrected chi connectivity index (χ2v) is 4.63. The Morgan fingerprint density at radius 1 is 0.800 bits per heavy atom. The van der Waals surface area contributed by atoms with Gasteiger partial charge >= 0.3 is 0 Å². The van der Waals surface area contributed by atoms with Crippen molar-refractivity contribution >= 4 is 5.70 Å². The zero-order valence-electron chi connectivity index (χ0n) is 11.1. The Hall–Kier alpha value is -2.74. The summed E-state index contributed by atoms with van der Waals surface area (Å²) in [5.41, 5.74) is 11.3. The van der Waals surface area contributed by atoms with Crippen molar-refractivity contribution < 1.29 is 0 Å². The van der Waals surface area contributed by atoms with Gasteiger partial charge in [0, 0.05) is 6.20 Å². The number of dihydropyridines is 1. The predicted octanol–water partition coefficient (Wildman–Crippen LogP) is 3.65. The minimum Gasteiger partial charge on any atom is -0.397 e. The first-order chi connectivity index (χ1) is 9.84. The molecule has 0 bridgehead atoms. The predicted molar refractivity (Wildman–Crippen MR) is 84.4 cm³/mol. The minimum absolute atomic E-state index is 0.755. The van der Waals surface area contributed by atoms with Gasteiger partial charge in [0.05, 0.1) is 11.4 Å². The highest BCUT2D eigenvalue weighted by Gasteiger charge is 2.04. The first-order valence-corrected chi connectivity index (χ1v) is 6.60. The van der Waals surface area contributed by atoms with Crippen molar-refractivity contribution in [3.05, 3.63) is 90.3 Å². The number of hydrogen-bond donors (Lipinski definition) is 2. The quantitative estimate of drug-likeness (QED) is 0.865. The van der Waals surface area contributed by atoms with Crippen LogP contribution in [0.4, 0.5) is 0 Å². The highest BCUT2D eigenvalue weighted by Crippen LogP contribution is 2.22. The highest BCUT2D eigenvalue weighted by molar-refractivity contribution is 5.72. The van der Waals surface area contributed by atoms with E-state index in [0.717, 1.165) is 17.0 Å². The molecule has 2 heteroatoms. The molecule has 0 amide bonds. The van der Waals surface area contributed by atoms with Gasteiger partial charge in [-0.05, 0) is 28.8 Å². The van der Waals surface area contributed by atoms with Crippen LogP contribution in [0.5, 0.6) is 0 Å². The third kappa shape index (κ3) is 2.50. The van der Waals surface area contributed by atoms with Gasteiger partial charge in [0.2, 0.25) is 0 Å². The molecule has 3 N–H and O–H groups in total. The number of nitrogens with one attached hydrogen (secondary N) is 1. The lowest BCUT2D eigenvalue weighted by molar-refractivity contribution is 1.09. The van der Waals surface area contributed by atoms with Crippen molar-refractivity contribution in [3.8, 4) is 11.1 Å². The minimum atomic E-state index is 0.755. The molecule has 2 aromatic carbocycles. The second-order valence-electron chi connectivity index (χ2n) is 4.63. The molecule has 2 aromatic rings. The van der Waals surface area contributed by atoms with Gasteiger partial charge in [-0.25, -0.2) is 0 Å². The molecular weight excluding hydrogens is 244 g/mol. The lowest BCUT2D eigenvalue weighted by Gasteiger charge is -2.11. The molecule has 0 spiro atoms. The number of allylic oxidation sites excluding steroid dienone is 3. The van der Waals surface area contributed by atoms with Crippen molar-refractivity contribution in [1.82, 2.24) is 5.32 Å². The Balaban J connectivity index is 1.90. The van der Waals surface area contributed by atoms with Crippen molar-refractivity contribution in [1.29, 1.82) is 0 Å². The van der Waals surface area contributed by atoms with E-state index in [1.807, 2.05) is 42.6 Å². The summed E-state index contributed by atoms with van der Waals surface area (Å²) in [6.07, 6.45) is 7.76. The van der Waals surface area contributed by atoms with Gasteiger partial charge < -0.3 is 11.1 Å². The van der Waals surface area contributed by atoms with Gasteiger partial charge in [0.1, 0.15) is 0 Å². The molecule has 2 nitrogen and oxygen atoms in total. The topological polar surface area (TPSA) is 38.0 Å². The van der Waals surface area contributed by atoms with Crippen LogP contribution in [-0.4, -0.2) is 0 Å². The van der Waals surface area contributed by atoms with E-state index in [-0.39, 0.29) is 0 Å². The summed E-state index contributed by atoms with van der Waals surface area (Å²) in [7, 11) is 0. The average molecular weight is 260 g/mol. The van der Waals surface area contributed by atoms with Crippen molar-refractivity contribution in [3.63, 3.8) is 0 Å². The van der Waals surface area contributed by atoms with Crippen molar-refractivity contribution in [2.45, 2.75) is 0 Å². The third-order valence-corrected chi connectivity index (χ3v) is 3.30. The molecule has 1 aliphatic rings. The summed E-state index contributed by atoms with van der Waals surface area (Å²) >= 11 is 0. The summed E-state index contributed by atoms with van der Waals surface area (Å²) in [5, 5.41) is 3.15. The summed E-state index contributed by atoms with van der Waals surface area (Å²) in [6.45, 7) is 0. The van der Waals surface area contributed by atoms with Crippen LogP contribution in [0.25, 0.3) is 16.8 Å². The SMILES string of the molecule is N/C(=C1/C=CC=CN1)c1ccc(-c2ccccc2)cc1. The molecule has 3 rings (SSSR count). The zero-order valence-corrected chi connectivity index (χ0v) is 11.1. The maximum absolute atomic E-state index is 6.19. The Kier molecular flexibility index (Phi) is 3.38. The molecule has 0 aromatic heterocycles. The van der Waals surface area contributed by atoms with Gasteiger partial charge in [0.25, 0.3) is 0 Å². The number of benzene rings is 2. The molecule has 0 atom stereocenters. The van der Waals surface area contributed by atoms with E-state index in [9.17, 15) is 0 Å². The molecule has 1 aliphatic heterocycles. The largest absolute Gasteiger partial charge is 0.397 e. The van der Waals surface area contributed by atoms with E-state index in [4.69, 9.17) is 5.73 Å². The van der Waals surface area contributed by atoms with Crippen LogP contribution in [0.1, 0.15) is 5.56 Å². The summed E-state index contributed by atoms with van der Waals surface area (Å²) in [6, 6.07) is 18.6. The summed E-state index contributed by atoms with van der Waals surface area (Å²) in [4.78, 5) is 0. The van der Waals surface area contributed by atoms with Gasteiger partial charge in [-0.2, -0.15) is 0 Å². The molecule has 0 saturated heterocycles. The van der Waals surface area contributed by atoms with Crippen LogP contribution in [0.15, 0.2) is 84.7 Å². The fourth-order valence-electron chi connectivity index (χ4n) is 2.19. The third-order valence-electron chi connectivity index (χ3n) is 3.30. The highest BCUT2D eigenvalue weighted by atomic mass is 14.9. The first-order valence-electron chi connectivity index (χ1n) is 6.60. The molecule has 1 heterocycles. The van der Waals surface area contributed by atoms with Gasteiger partial charge in [-0.1, -0.05) is 60.7 Å². The maximum atomic E-state index is 6.19. The Labute approximate surface area is 118 Å². The molecule has 20 heavy (non-hydrogen) atoms. The molecule has 0 aliphatic carbocycles.